The van der Waals surface area contributed by atoms with Crippen molar-refractivity contribution in [2.24, 2.45) is 0 Å². The molecular weight excluding hydrogens is 232 g/mol. The van der Waals surface area contributed by atoms with Gasteiger partial charge in [0.25, 0.3) is 0 Å². The van der Waals surface area contributed by atoms with E-state index in [0.717, 1.165) is 11.4 Å². The van der Waals surface area contributed by atoms with Gasteiger partial charge in [-0.3, -0.25) is 0 Å². The Labute approximate surface area is 105 Å². The zero-order chi connectivity index (χ0) is 13.0. The second-order valence-electron chi connectivity index (χ2n) is 3.73. The minimum atomic E-state index is -0.934. The van der Waals surface area contributed by atoms with Gasteiger partial charge in [-0.1, -0.05) is 0 Å². The van der Waals surface area contributed by atoms with E-state index in [1.807, 2.05) is 24.3 Å². The normalized spacial score (nSPS) is 10.1. The summed E-state index contributed by atoms with van der Waals surface area (Å²) in [5, 5.41) is 12.1. The molecule has 2 N–H and O–H groups in total. The molecule has 0 fully saturated rings. The van der Waals surface area contributed by atoms with Crippen molar-refractivity contribution in [2.45, 2.75) is 6.67 Å². The van der Waals surface area contributed by atoms with E-state index < -0.39 is 5.97 Å². The number of aromatic carboxylic acids is 1. The first kappa shape index (κ1) is 12.0. The van der Waals surface area contributed by atoms with Crippen LogP contribution in [0.4, 0.5) is 5.69 Å². The average Bonchev–Trinajstić information content (AvgIpc) is 2.85. The van der Waals surface area contributed by atoms with Crippen molar-refractivity contribution in [3.63, 3.8) is 0 Å². The van der Waals surface area contributed by atoms with E-state index in [9.17, 15) is 4.79 Å². The van der Waals surface area contributed by atoms with E-state index in [2.05, 4.69) is 5.32 Å². The molecule has 0 radical (unpaired) electrons. The molecule has 0 aliphatic heterocycles. The number of carbonyl (C=O) groups is 1. The van der Waals surface area contributed by atoms with E-state index in [1.54, 1.807) is 30.0 Å². The minimum absolute atomic E-state index is 0.260. The molecule has 1 aromatic heterocycles. The Balaban J connectivity index is 2.02. The fourth-order valence-corrected chi connectivity index (χ4v) is 1.63. The van der Waals surface area contributed by atoms with E-state index in [-0.39, 0.29) is 5.69 Å². The fraction of sp³-hybridized carbons (Fsp3) is 0.154. The summed E-state index contributed by atoms with van der Waals surface area (Å²) < 4.78 is 6.69. The standard InChI is InChI=1S/C13H14N2O3/c1-18-11-6-4-10(5-7-11)14-9-15-8-2-3-12(15)13(16)17/h2-8,14H,9H2,1H3,(H,16,17). The van der Waals surface area contributed by atoms with E-state index >= 15 is 0 Å². The van der Waals surface area contributed by atoms with Crippen molar-refractivity contribution < 1.29 is 14.6 Å². The van der Waals surface area contributed by atoms with Crippen molar-refractivity contribution in [1.82, 2.24) is 4.57 Å². The van der Waals surface area contributed by atoms with Gasteiger partial charge in [0.2, 0.25) is 0 Å². The summed E-state index contributed by atoms with van der Waals surface area (Å²) in [5.41, 5.74) is 1.16. The largest absolute Gasteiger partial charge is 0.497 e. The lowest BCUT2D eigenvalue weighted by molar-refractivity contribution is 0.0685. The molecule has 1 aromatic carbocycles. The number of hydrogen-bond acceptors (Lipinski definition) is 3. The number of hydrogen-bond donors (Lipinski definition) is 2. The average molecular weight is 246 g/mol. The molecule has 0 bridgehead atoms. The molecule has 0 amide bonds. The lowest BCUT2D eigenvalue weighted by Crippen LogP contribution is -2.13. The van der Waals surface area contributed by atoms with Crippen LogP contribution in [0.3, 0.4) is 0 Å². The quantitative estimate of drug-likeness (QED) is 0.849. The van der Waals surface area contributed by atoms with Gasteiger partial charge in [-0.05, 0) is 36.4 Å². The number of carboxylic acid groups (broad SMARTS) is 1. The Morgan fingerprint density at radius 2 is 2.06 bits per heavy atom. The number of nitrogens with zero attached hydrogens (tertiary/aromatic N) is 1. The first-order valence-electron chi connectivity index (χ1n) is 5.47. The van der Waals surface area contributed by atoms with Crippen LogP contribution in [0.2, 0.25) is 0 Å². The maximum atomic E-state index is 10.9. The predicted molar refractivity (Wildman–Crippen MR) is 68.0 cm³/mol. The van der Waals surface area contributed by atoms with Gasteiger partial charge in [-0.25, -0.2) is 4.79 Å². The van der Waals surface area contributed by atoms with Gasteiger partial charge in [-0.15, -0.1) is 0 Å². The molecule has 0 spiro atoms. The monoisotopic (exact) mass is 246 g/mol. The first-order chi connectivity index (χ1) is 8.70. The lowest BCUT2D eigenvalue weighted by Gasteiger charge is -2.10. The van der Waals surface area contributed by atoms with Crippen molar-refractivity contribution in [3.8, 4) is 5.75 Å². The lowest BCUT2D eigenvalue weighted by atomic mass is 10.3. The molecule has 1 heterocycles. The molecule has 0 aliphatic carbocycles. The highest BCUT2D eigenvalue weighted by Gasteiger charge is 2.07. The van der Waals surface area contributed by atoms with Gasteiger partial charge in [0.1, 0.15) is 11.4 Å². The van der Waals surface area contributed by atoms with Crippen LogP contribution in [-0.2, 0) is 6.67 Å². The molecule has 0 unspecified atom stereocenters. The zero-order valence-corrected chi connectivity index (χ0v) is 9.96. The Kier molecular flexibility index (Phi) is 3.52. The highest BCUT2D eigenvalue weighted by molar-refractivity contribution is 5.85. The van der Waals surface area contributed by atoms with E-state index in [0.29, 0.717) is 6.67 Å². The van der Waals surface area contributed by atoms with Crippen molar-refractivity contribution in [2.75, 3.05) is 12.4 Å². The summed E-state index contributed by atoms with van der Waals surface area (Å²) >= 11 is 0. The summed E-state index contributed by atoms with van der Waals surface area (Å²) in [6.07, 6.45) is 1.72. The fourth-order valence-electron chi connectivity index (χ4n) is 1.63. The van der Waals surface area contributed by atoms with Crippen LogP contribution in [0.15, 0.2) is 42.6 Å². The number of anilines is 1. The Bertz CT molecular complexity index is 531. The molecule has 0 aliphatic rings. The molecule has 0 atom stereocenters. The highest BCUT2D eigenvalue weighted by Crippen LogP contribution is 2.15. The van der Waals surface area contributed by atoms with Crippen LogP contribution in [0.25, 0.3) is 0 Å². The summed E-state index contributed by atoms with van der Waals surface area (Å²) in [5.74, 6) is -0.149. The minimum Gasteiger partial charge on any atom is -0.497 e. The number of methoxy groups -OCH3 is 1. The third-order valence-electron chi connectivity index (χ3n) is 2.59. The van der Waals surface area contributed by atoms with Crippen LogP contribution in [0.1, 0.15) is 10.5 Å². The second kappa shape index (κ2) is 5.27. The molecule has 0 saturated heterocycles. The van der Waals surface area contributed by atoms with Gasteiger partial charge < -0.3 is 19.7 Å². The molecule has 2 aromatic rings. The second-order valence-corrected chi connectivity index (χ2v) is 3.73. The van der Waals surface area contributed by atoms with Crippen LogP contribution in [0, 0.1) is 0 Å². The third-order valence-corrected chi connectivity index (χ3v) is 2.59. The van der Waals surface area contributed by atoms with Crippen LogP contribution in [0.5, 0.6) is 5.75 Å². The molecule has 18 heavy (non-hydrogen) atoms. The number of carboxylic acids is 1. The van der Waals surface area contributed by atoms with Crippen molar-refractivity contribution in [1.29, 1.82) is 0 Å². The van der Waals surface area contributed by atoms with Crippen LogP contribution >= 0.6 is 0 Å². The summed E-state index contributed by atoms with van der Waals surface area (Å²) in [4.78, 5) is 10.9. The third kappa shape index (κ3) is 2.63. The number of ether oxygens (including phenoxy) is 1. The molecule has 0 saturated carbocycles. The first-order valence-corrected chi connectivity index (χ1v) is 5.47. The summed E-state index contributed by atoms with van der Waals surface area (Å²) in [6, 6.07) is 10.7. The van der Waals surface area contributed by atoms with Crippen molar-refractivity contribution in [3.05, 3.63) is 48.3 Å². The van der Waals surface area contributed by atoms with E-state index in [4.69, 9.17) is 9.84 Å². The number of nitrogens with one attached hydrogen (secondary N) is 1. The SMILES string of the molecule is COc1ccc(NCn2cccc2C(=O)O)cc1. The topological polar surface area (TPSA) is 63.5 Å². The molecular formula is C13H14N2O3. The number of benzene rings is 1. The van der Waals surface area contributed by atoms with Gasteiger partial charge in [0, 0.05) is 11.9 Å². The van der Waals surface area contributed by atoms with Crippen LogP contribution in [-0.4, -0.2) is 22.8 Å². The number of aromatic nitrogens is 1. The van der Waals surface area contributed by atoms with Gasteiger partial charge in [0.15, 0.2) is 0 Å². The summed E-state index contributed by atoms with van der Waals surface area (Å²) in [6.45, 7) is 0.404. The molecule has 5 heteroatoms. The maximum absolute atomic E-state index is 10.9. The van der Waals surface area contributed by atoms with Gasteiger partial charge in [0.05, 0.1) is 13.8 Å². The van der Waals surface area contributed by atoms with Crippen molar-refractivity contribution >= 4 is 11.7 Å². The van der Waals surface area contributed by atoms with Gasteiger partial charge in [-0.2, -0.15) is 0 Å². The molecule has 5 nitrogen and oxygen atoms in total. The Morgan fingerprint density at radius 1 is 1.33 bits per heavy atom. The Hall–Kier alpha value is -2.43. The molecule has 94 valence electrons. The highest BCUT2D eigenvalue weighted by atomic mass is 16.5. The smallest absolute Gasteiger partial charge is 0.352 e. The van der Waals surface area contributed by atoms with Crippen LogP contribution < -0.4 is 10.1 Å². The van der Waals surface area contributed by atoms with Gasteiger partial charge >= 0.3 is 5.97 Å². The van der Waals surface area contributed by atoms with E-state index in [1.165, 1.54) is 0 Å². The zero-order valence-electron chi connectivity index (χ0n) is 9.96. The Morgan fingerprint density at radius 3 is 2.67 bits per heavy atom. The predicted octanol–water partition coefficient (Wildman–Crippen LogP) is 2.26. The number of rotatable bonds is 5. The maximum Gasteiger partial charge on any atom is 0.352 e. The summed E-state index contributed by atoms with van der Waals surface area (Å²) in [7, 11) is 1.61. The molecule has 2 rings (SSSR count).